The van der Waals surface area contributed by atoms with Crippen LogP contribution in [0.4, 0.5) is 0 Å². The molecule has 4 rings (SSSR count). The fraction of sp³-hybridized carbons (Fsp3) is 0.800. The number of ether oxygens (including phenoxy) is 1. The van der Waals surface area contributed by atoms with Gasteiger partial charge in [-0.1, -0.05) is 39.0 Å². The van der Waals surface area contributed by atoms with Crippen LogP contribution in [0.1, 0.15) is 88.9 Å². The molecule has 2 heterocycles. The normalized spacial score (nSPS) is 26.5. The minimum Gasteiger partial charge on any atom is -0.381 e. The van der Waals surface area contributed by atoms with Crippen LogP contribution in [0.3, 0.4) is 0 Å². The van der Waals surface area contributed by atoms with E-state index in [1.165, 1.54) is 56.3 Å². The zero-order valence-corrected chi connectivity index (χ0v) is 24.9. The van der Waals surface area contributed by atoms with Crippen molar-refractivity contribution in [2.45, 2.75) is 120 Å². The van der Waals surface area contributed by atoms with Crippen molar-refractivity contribution in [3.05, 3.63) is 23.5 Å². The lowest BCUT2D eigenvalue weighted by atomic mass is 9.89. The number of hydrogen-bond acceptors (Lipinski definition) is 8. The zero-order chi connectivity index (χ0) is 27.1. The Morgan fingerprint density at radius 2 is 1.46 bits per heavy atom. The van der Waals surface area contributed by atoms with Crippen LogP contribution < -0.4 is 26.6 Å². The summed E-state index contributed by atoms with van der Waals surface area (Å²) in [5.74, 6) is 0.912. The Hall–Kier alpha value is -1.23. The van der Waals surface area contributed by atoms with Crippen LogP contribution in [0.2, 0.25) is 0 Å². The van der Waals surface area contributed by atoms with Gasteiger partial charge >= 0.3 is 0 Å². The molecule has 9 heteroatoms. The number of carbonyl (C=O) groups excluding carboxylic acids is 1. The lowest BCUT2D eigenvalue weighted by Crippen LogP contribution is -2.53. The molecular formula is C30H52N6O2S. The monoisotopic (exact) mass is 560 g/mol. The highest BCUT2D eigenvalue weighted by atomic mass is 32.2. The maximum atomic E-state index is 12.1. The number of pyridine rings is 1. The number of fused-ring (bicyclic) bond motifs is 4. The van der Waals surface area contributed by atoms with Gasteiger partial charge in [-0.15, -0.1) is 11.8 Å². The molecule has 1 aliphatic heterocycles. The van der Waals surface area contributed by atoms with Crippen LogP contribution >= 0.6 is 11.8 Å². The van der Waals surface area contributed by atoms with Crippen LogP contribution in [-0.2, 0) is 22.6 Å². The molecule has 0 aromatic carbocycles. The summed E-state index contributed by atoms with van der Waals surface area (Å²) in [5.41, 5.74) is 2.23. The molecule has 2 aliphatic carbocycles. The maximum Gasteiger partial charge on any atom is 0.222 e. The average molecular weight is 561 g/mol. The van der Waals surface area contributed by atoms with E-state index >= 15 is 0 Å². The number of aromatic nitrogens is 1. The van der Waals surface area contributed by atoms with E-state index in [-0.39, 0.29) is 5.91 Å². The van der Waals surface area contributed by atoms with Gasteiger partial charge in [0.25, 0.3) is 0 Å². The number of thioether (sulfide) groups is 1. The molecule has 5 N–H and O–H groups in total. The SMILES string of the molecule is CCCCOCCC(=O)NCCSc1cc2nc(c1)CN[C@@H]1CCCC[C@H]1NCCN[C@@H]1CCCC[C@H]1NC2. The third-order valence-electron chi connectivity index (χ3n) is 8.27. The predicted molar refractivity (Wildman–Crippen MR) is 160 cm³/mol. The van der Waals surface area contributed by atoms with E-state index in [4.69, 9.17) is 9.72 Å². The van der Waals surface area contributed by atoms with Crippen LogP contribution in [0.5, 0.6) is 0 Å². The van der Waals surface area contributed by atoms with Crippen molar-refractivity contribution in [2.75, 3.05) is 38.6 Å². The van der Waals surface area contributed by atoms with Gasteiger partial charge in [-0.2, -0.15) is 0 Å². The van der Waals surface area contributed by atoms with Crippen molar-refractivity contribution in [3.63, 3.8) is 0 Å². The molecular weight excluding hydrogens is 508 g/mol. The van der Waals surface area contributed by atoms with Crippen LogP contribution in [0, 0.1) is 0 Å². The van der Waals surface area contributed by atoms with E-state index in [9.17, 15) is 4.79 Å². The first-order chi connectivity index (χ1) is 19.2. The summed E-state index contributed by atoms with van der Waals surface area (Å²) < 4.78 is 5.52. The van der Waals surface area contributed by atoms with Crippen LogP contribution in [0.15, 0.2) is 17.0 Å². The van der Waals surface area contributed by atoms with Crippen molar-refractivity contribution in [1.82, 2.24) is 31.6 Å². The van der Waals surface area contributed by atoms with Crippen molar-refractivity contribution < 1.29 is 9.53 Å². The number of rotatable bonds is 10. The molecule has 220 valence electrons. The first kappa shape index (κ1) is 30.7. The number of unbranched alkanes of at least 4 members (excludes halogenated alkanes) is 1. The summed E-state index contributed by atoms with van der Waals surface area (Å²) in [7, 11) is 0. The summed E-state index contributed by atoms with van der Waals surface area (Å²) in [5, 5.41) is 18.5. The Bertz CT molecular complexity index is 810. The van der Waals surface area contributed by atoms with Crippen molar-refractivity contribution in [1.29, 1.82) is 0 Å². The third kappa shape index (κ3) is 10.9. The van der Waals surface area contributed by atoms with E-state index in [1.54, 1.807) is 11.8 Å². The highest BCUT2D eigenvalue weighted by molar-refractivity contribution is 7.99. The molecule has 4 atom stereocenters. The summed E-state index contributed by atoms with van der Waals surface area (Å²) in [6, 6.07) is 6.52. The Labute approximate surface area is 240 Å². The van der Waals surface area contributed by atoms with Gasteiger partial charge in [-0.25, -0.2) is 0 Å². The Balaban J connectivity index is 1.34. The first-order valence-electron chi connectivity index (χ1n) is 15.6. The zero-order valence-electron chi connectivity index (χ0n) is 24.1. The standard InChI is InChI=1S/C30H52N6O2S/c1-2-3-16-38-17-12-30(37)33-15-18-39-25-19-23-21-34-28-10-6-4-8-26(28)31-13-14-32-27-9-5-7-11-29(27)35-22-24(20-25)36-23/h19-20,26-29,31-32,34-35H,2-18,21-22H2,1H3,(H,33,37)/t26-,27-,28-,29-/m1/s1. The van der Waals surface area contributed by atoms with Gasteiger partial charge in [0.1, 0.15) is 0 Å². The second-order valence-electron chi connectivity index (χ2n) is 11.4. The van der Waals surface area contributed by atoms with Crippen LogP contribution in [0.25, 0.3) is 0 Å². The van der Waals surface area contributed by atoms with Gasteiger partial charge in [0, 0.05) is 80.6 Å². The van der Waals surface area contributed by atoms with Gasteiger partial charge in [0.15, 0.2) is 0 Å². The summed E-state index contributed by atoms with van der Waals surface area (Å²) in [4.78, 5) is 18.4. The smallest absolute Gasteiger partial charge is 0.222 e. The molecule has 0 spiro atoms. The topological polar surface area (TPSA) is 99.3 Å². The molecule has 1 aromatic heterocycles. The van der Waals surface area contributed by atoms with Gasteiger partial charge in [-0.3, -0.25) is 9.78 Å². The van der Waals surface area contributed by atoms with E-state index in [2.05, 4.69) is 45.6 Å². The predicted octanol–water partition coefficient (Wildman–Crippen LogP) is 3.49. The fourth-order valence-corrected chi connectivity index (χ4v) is 6.95. The minimum absolute atomic E-state index is 0.0697. The number of hydrogen-bond donors (Lipinski definition) is 5. The lowest BCUT2D eigenvalue weighted by molar-refractivity contribution is -0.122. The molecule has 2 fully saturated rings. The third-order valence-corrected chi connectivity index (χ3v) is 9.25. The van der Waals surface area contributed by atoms with Gasteiger partial charge in [0.2, 0.25) is 5.91 Å². The summed E-state index contributed by atoms with van der Waals surface area (Å²) in [6.07, 6.45) is 12.8. The molecule has 0 radical (unpaired) electrons. The van der Waals surface area contributed by atoms with E-state index in [1.807, 2.05) is 0 Å². The molecule has 1 aromatic rings. The number of carbonyl (C=O) groups is 1. The molecule has 0 saturated heterocycles. The second kappa shape index (κ2) is 17.6. The number of nitrogens with zero attached hydrogens (tertiary/aromatic N) is 1. The average Bonchev–Trinajstić information content (AvgIpc) is 2.96. The van der Waals surface area contributed by atoms with Crippen LogP contribution in [-0.4, -0.2) is 73.7 Å². The molecule has 39 heavy (non-hydrogen) atoms. The fourth-order valence-electron chi connectivity index (χ4n) is 6.07. The number of nitrogens with one attached hydrogen (secondary N) is 5. The summed E-state index contributed by atoms with van der Waals surface area (Å²) in [6.45, 7) is 7.70. The second-order valence-corrected chi connectivity index (χ2v) is 12.5. The molecule has 2 saturated carbocycles. The van der Waals surface area contributed by atoms with E-state index in [0.29, 0.717) is 43.7 Å². The lowest BCUT2D eigenvalue weighted by Gasteiger charge is -2.34. The van der Waals surface area contributed by atoms with Crippen molar-refractivity contribution in [3.8, 4) is 0 Å². The number of amides is 1. The largest absolute Gasteiger partial charge is 0.381 e. The molecule has 1 amide bonds. The Morgan fingerprint density at radius 1 is 0.897 bits per heavy atom. The Morgan fingerprint density at radius 3 is 2.03 bits per heavy atom. The molecule has 2 bridgehead atoms. The van der Waals surface area contributed by atoms with Gasteiger partial charge in [0.05, 0.1) is 18.0 Å². The Kier molecular flexibility index (Phi) is 13.8. The van der Waals surface area contributed by atoms with Gasteiger partial charge in [-0.05, 0) is 44.2 Å². The summed E-state index contributed by atoms with van der Waals surface area (Å²) >= 11 is 1.80. The first-order valence-corrected chi connectivity index (χ1v) is 16.6. The van der Waals surface area contributed by atoms with Crippen molar-refractivity contribution >= 4 is 17.7 Å². The highest BCUT2D eigenvalue weighted by Gasteiger charge is 2.27. The molecule has 8 nitrogen and oxygen atoms in total. The van der Waals surface area contributed by atoms with Crippen molar-refractivity contribution in [2.24, 2.45) is 0 Å². The minimum atomic E-state index is 0.0697. The maximum absolute atomic E-state index is 12.1. The molecule has 3 aliphatic rings. The van der Waals surface area contributed by atoms with E-state index < -0.39 is 0 Å². The highest BCUT2D eigenvalue weighted by Crippen LogP contribution is 2.23. The quantitative estimate of drug-likeness (QED) is 0.219. The molecule has 0 unspecified atom stereocenters. The van der Waals surface area contributed by atoms with E-state index in [0.717, 1.165) is 62.8 Å². The van der Waals surface area contributed by atoms with Gasteiger partial charge < -0.3 is 31.3 Å².